The summed E-state index contributed by atoms with van der Waals surface area (Å²) in [6.07, 6.45) is 6.76. The van der Waals surface area contributed by atoms with E-state index in [1.165, 1.54) is 6.21 Å². The molecule has 8 nitrogen and oxygen atoms in total. The molecule has 4 rings (SSSR count). The van der Waals surface area contributed by atoms with Gasteiger partial charge in [0.1, 0.15) is 11.4 Å². The van der Waals surface area contributed by atoms with Gasteiger partial charge in [-0.3, -0.25) is 4.79 Å². The van der Waals surface area contributed by atoms with Gasteiger partial charge in [-0.2, -0.15) is 0 Å². The number of fused-ring (bicyclic) bond motifs is 1. The fourth-order valence-corrected chi connectivity index (χ4v) is 4.47. The molecule has 4 aromatic rings. The molecule has 0 spiro atoms. The number of halogens is 1. The van der Waals surface area contributed by atoms with Gasteiger partial charge in [-0.05, 0) is 56.5 Å². The third-order valence-corrected chi connectivity index (χ3v) is 6.35. The quantitative estimate of drug-likeness (QED) is 0.140. The average molecular weight is 535 g/mol. The van der Waals surface area contributed by atoms with Crippen LogP contribution in [0.15, 0.2) is 72.1 Å². The van der Waals surface area contributed by atoms with Crippen molar-refractivity contribution >= 4 is 29.4 Å². The maximum absolute atomic E-state index is 12.9. The first kappa shape index (κ1) is 27.2. The third-order valence-electron chi connectivity index (χ3n) is 6.06. The fraction of sp³-hybridized carbons (Fsp3) is 0.276. The molecule has 0 fully saturated rings. The summed E-state index contributed by atoms with van der Waals surface area (Å²) >= 11 is 6.30. The molecule has 0 aliphatic rings. The van der Waals surface area contributed by atoms with Crippen molar-refractivity contribution in [3.8, 4) is 17.0 Å². The number of aliphatic hydroxyl groups is 1. The van der Waals surface area contributed by atoms with Crippen LogP contribution in [0, 0.1) is 0 Å². The van der Waals surface area contributed by atoms with Crippen molar-refractivity contribution in [3.05, 3.63) is 88.7 Å². The molecule has 0 unspecified atom stereocenters. The van der Waals surface area contributed by atoms with Gasteiger partial charge in [0.15, 0.2) is 0 Å². The van der Waals surface area contributed by atoms with E-state index >= 15 is 0 Å². The summed E-state index contributed by atoms with van der Waals surface area (Å²) in [7, 11) is 0. The first-order valence-corrected chi connectivity index (χ1v) is 12.9. The zero-order chi connectivity index (χ0) is 27.1. The molecule has 9 heteroatoms. The van der Waals surface area contributed by atoms with Crippen LogP contribution in [0.1, 0.15) is 41.8 Å². The second kappa shape index (κ2) is 12.6. The van der Waals surface area contributed by atoms with E-state index < -0.39 is 0 Å². The van der Waals surface area contributed by atoms with Crippen LogP contribution in [0.25, 0.3) is 16.9 Å². The molecule has 38 heavy (non-hydrogen) atoms. The molecule has 0 aliphatic carbocycles. The number of hydrogen-bond donors (Lipinski definition) is 3. The predicted octanol–water partition coefficient (Wildman–Crippen LogP) is 5.17. The highest BCUT2D eigenvalue weighted by Gasteiger charge is 2.16. The Bertz CT molecular complexity index is 1420. The van der Waals surface area contributed by atoms with Gasteiger partial charge >= 0.3 is 0 Å². The van der Waals surface area contributed by atoms with Crippen molar-refractivity contribution in [1.29, 1.82) is 0 Å². The molecule has 0 saturated heterocycles. The summed E-state index contributed by atoms with van der Waals surface area (Å²) in [5.41, 5.74) is 5.00. The Balaban J connectivity index is 1.45. The third kappa shape index (κ3) is 6.70. The standard InChI is InChI=1S/C29H31ClN4O4/c1-19(2)38-27-10-9-23(17-25(27)30)29(36)32-24(12-15-35)16-20-5-7-21(8-6-20)26-18-34-14-3-4-22(11-13-31-37)28(34)33-26/h3-10,13-14,17-19,24,35,37H,11-12,15-16H2,1-2H3,(H,32,36)/b31-13+/t24-/m1/s1. The lowest BCUT2D eigenvalue weighted by Crippen LogP contribution is -2.37. The number of ether oxygens (including phenoxy) is 1. The van der Waals surface area contributed by atoms with Gasteiger partial charge < -0.3 is 24.8 Å². The monoisotopic (exact) mass is 534 g/mol. The molecular formula is C29H31ClN4O4. The Morgan fingerprint density at radius 3 is 2.68 bits per heavy atom. The molecule has 0 radical (unpaired) electrons. The minimum atomic E-state index is -0.259. The molecule has 1 atom stereocenters. The molecule has 0 bridgehead atoms. The predicted molar refractivity (Wildman–Crippen MR) is 148 cm³/mol. The lowest BCUT2D eigenvalue weighted by molar-refractivity contribution is 0.0930. The number of imidazole rings is 1. The normalized spacial score (nSPS) is 12.3. The van der Waals surface area contributed by atoms with E-state index in [1.807, 2.05) is 67.0 Å². The van der Waals surface area contributed by atoms with E-state index in [4.69, 9.17) is 26.5 Å². The number of rotatable bonds is 11. The Hall–Kier alpha value is -3.88. The van der Waals surface area contributed by atoms with Crippen molar-refractivity contribution in [2.24, 2.45) is 5.16 Å². The van der Waals surface area contributed by atoms with Gasteiger partial charge in [0, 0.05) is 54.4 Å². The number of pyridine rings is 1. The second-order valence-electron chi connectivity index (χ2n) is 9.29. The number of amides is 1. The number of aromatic nitrogens is 2. The van der Waals surface area contributed by atoms with Gasteiger partial charge in [0.25, 0.3) is 5.91 Å². The molecule has 0 saturated carbocycles. The van der Waals surface area contributed by atoms with Gasteiger partial charge in [-0.25, -0.2) is 4.98 Å². The van der Waals surface area contributed by atoms with Crippen molar-refractivity contribution in [1.82, 2.24) is 14.7 Å². The Morgan fingerprint density at radius 2 is 2.00 bits per heavy atom. The molecule has 2 aromatic heterocycles. The van der Waals surface area contributed by atoms with Gasteiger partial charge in [-0.1, -0.05) is 41.9 Å². The summed E-state index contributed by atoms with van der Waals surface area (Å²) in [5.74, 6) is 0.274. The van der Waals surface area contributed by atoms with E-state index in [1.54, 1.807) is 18.2 Å². The molecule has 1 amide bonds. The van der Waals surface area contributed by atoms with Crippen molar-refractivity contribution in [2.45, 2.75) is 45.3 Å². The van der Waals surface area contributed by atoms with Crippen LogP contribution in [-0.2, 0) is 12.8 Å². The number of aliphatic hydroxyl groups excluding tert-OH is 1. The Kier molecular flexibility index (Phi) is 8.99. The number of carbonyl (C=O) groups excluding carboxylic acids is 1. The van der Waals surface area contributed by atoms with Crippen molar-refractivity contribution < 1.29 is 19.8 Å². The molecule has 2 aromatic carbocycles. The number of nitrogens with one attached hydrogen (secondary N) is 1. The molecule has 3 N–H and O–H groups in total. The van der Waals surface area contributed by atoms with Crippen LogP contribution in [-0.4, -0.2) is 50.6 Å². The Morgan fingerprint density at radius 1 is 1.21 bits per heavy atom. The number of nitrogens with zero attached hydrogens (tertiary/aromatic N) is 3. The zero-order valence-electron chi connectivity index (χ0n) is 21.3. The summed E-state index contributed by atoms with van der Waals surface area (Å²) in [6.45, 7) is 3.77. The highest BCUT2D eigenvalue weighted by Crippen LogP contribution is 2.27. The van der Waals surface area contributed by atoms with Crippen LogP contribution >= 0.6 is 11.6 Å². The van der Waals surface area contributed by atoms with Crippen LogP contribution in [0.5, 0.6) is 5.75 Å². The summed E-state index contributed by atoms with van der Waals surface area (Å²) in [6, 6.07) is 16.6. The average Bonchev–Trinajstić information content (AvgIpc) is 3.34. The van der Waals surface area contributed by atoms with E-state index in [2.05, 4.69) is 10.5 Å². The maximum Gasteiger partial charge on any atom is 0.251 e. The summed E-state index contributed by atoms with van der Waals surface area (Å²) < 4.78 is 7.59. The smallest absolute Gasteiger partial charge is 0.251 e. The van der Waals surface area contributed by atoms with Crippen LogP contribution in [0.4, 0.5) is 0 Å². The minimum Gasteiger partial charge on any atom is -0.489 e. The fourth-order valence-electron chi connectivity index (χ4n) is 4.25. The molecular weight excluding hydrogens is 504 g/mol. The van der Waals surface area contributed by atoms with E-state index in [9.17, 15) is 9.90 Å². The first-order valence-electron chi connectivity index (χ1n) is 12.5. The van der Waals surface area contributed by atoms with Crippen LogP contribution < -0.4 is 10.1 Å². The number of hydrogen-bond acceptors (Lipinski definition) is 6. The topological polar surface area (TPSA) is 108 Å². The largest absolute Gasteiger partial charge is 0.489 e. The van der Waals surface area contributed by atoms with Gasteiger partial charge in [0.05, 0.1) is 16.8 Å². The van der Waals surface area contributed by atoms with Crippen LogP contribution in [0.3, 0.4) is 0 Å². The van der Waals surface area contributed by atoms with E-state index in [0.717, 1.165) is 28.0 Å². The highest BCUT2D eigenvalue weighted by molar-refractivity contribution is 6.32. The van der Waals surface area contributed by atoms with Crippen molar-refractivity contribution in [2.75, 3.05) is 6.61 Å². The minimum absolute atomic E-state index is 0.0236. The van der Waals surface area contributed by atoms with Crippen molar-refractivity contribution in [3.63, 3.8) is 0 Å². The SMILES string of the molecule is CC(C)Oc1ccc(C(=O)N[C@H](CCO)Cc2ccc(-c3cn4cccc(C/C=N/O)c4n3)cc2)cc1Cl. The first-order chi connectivity index (χ1) is 18.4. The van der Waals surface area contributed by atoms with E-state index in [0.29, 0.717) is 35.6 Å². The second-order valence-corrected chi connectivity index (χ2v) is 9.70. The molecule has 198 valence electrons. The van der Waals surface area contributed by atoms with Crippen LogP contribution in [0.2, 0.25) is 5.02 Å². The maximum atomic E-state index is 12.9. The number of carbonyl (C=O) groups is 1. The highest BCUT2D eigenvalue weighted by atomic mass is 35.5. The number of benzene rings is 2. The van der Waals surface area contributed by atoms with Gasteiger partial charge in [-0.15, -0.1) is 5.16 Å². The summed E-state index contributed by atoms with van der Waals surface area (Å²) in [4.78, 5) is 17.7. The molecule has 0 aliphatic heterocycles. The summed E-state index contributed by atoms with van der Waals surface area (Å²) in [5, 5.41) is 24.8. The zero-order valence-corrected chi connectivity index (χ0v) is 22.1. The number of oxime groups is 1. The van der Waals surface area contributed by atoms with Gasteiger partial charge in [0.2, 0.25) is 0 Å². The van der Waals surface area contributed by atoms with E-state index in [-0.39, 0.29) is 24.7 Å². The lowest BCUT2D eigenvalue weighted by Gasteiger charge is -2.19. The molecule has 2 heterocycles. The Labute approximate surface area is 226 Å². The lowest BCUT2D eigenvalue weighted by atomic mass is 10.0.